The van der Waals surface area contributed by atoms with E-state index in [-0.39, 0.29) is 0 Å². The largest absolute Gasteiger partial charge is 0.399 e. The summed E-state index contributed by atoms with van der Waals surface area (Å²) < 4.78 is 0. The minimum absolute atomic E-state index is 0.785. The van der Waals surface area contributed by atoms with Crippen LogP contribution in [0.5, 0.6) is 0 Å². The highest BCUT2D eigenvalue weighted by atomic mass is 15.1. The number of aromatic amines is 1. The van der Waals surface area contributed by atoms with Gasteiger partial charge in [-0.3, -0.25) is 5.10 Å². The van der Waals surface area contributed by atoms with E-state index in [1.807, 2.05) is 38.1 Å². The molecule has 2 aromatic rings. The molecule has 0 radical (unpaired) electrons. The molecule has 2 rings (SSSR count). The number of nitrogens with two attached hydrogens (primary N) is 1. The summed E-state index contributed by atoms with van der Waals surface area (Å²) in [7, 11) is 0. The number of nitrogen functional groups attached to an aromatic ring is 1. The molecule has 3 N–H and O–H groups in total. The summed E-state index contributed by atoms with van der Waals surface area (Å²) in [5.74, 6) is 0. The lowest BCUT2D eigenvalue weighted by Gasteiger charge is -2.01. The van der Waals surface area contributed by atoms with E-state index in [0.29, 0.717) is 0 Å². The lowest BCUT2D eigenvalue weighted by molar-refractivity contribution is 1.02. The van der Waals surface area contributed by atoms with E-state index in [1.54, 1.807) is 0 Å². The van der Waals surface area contributed by atoms with E-state index in [0.717, 1.165) is 22.6 Å². The summed E-state index contributed by atoms with van der Waals surface area (Å²) in [6, 6.07) is 7.84. The lowest BCUT2D eigenvalue weighted by Crippen LogP contribution is -1.85. The SMILES string of the molecule is Cc1n[nH]c(C)c1-c1ccc(N)cc1. The van der Waals surface area contributed by atoms with Gasteiger partial charge in [-0.05, 0) is 31.5 Å². The van der Waals surface area contributed by atoms with Crippen LogP contribution >= 0.6 is 0 Å². The topological polar surface area (TPSA) is 54.7 Å². The Hall–Kier alpha value is -1.77. The molecule has 0 spiro atoms. The lowest BCUT2D eigenvalue weighted by atomic mass is 10.0. The fourth-order valence-electron chi connectivity index (χ4n) is 1.63. The number of aryl methyl sites for hydroxylation is 2. The Morgan fingerprint density at radius 2 is 1.79 bits per heavy atom. The Morgan fingerprint density at radius 1 is 1.14 bits per heavy atom. The van der Waals surface area contributed by atoms with Crippen molar-refractivity contribution in [1.29, 1.82) is 0 Å². The van der Waals surface area contributed by atoms with Gasteiger partial charge in [-0.25, -0.2) is 0 Å². The zero-order valence-electron chi connectivity index (χ0n) is 8.33. The second-order valence-corrected chi connectivity index (χ2v) is 3.43. The molecule has 3 heteroatoms. The quantitative estimate of drug-likeness (QED) is 0.673. The summed E-state index contributed by atoms with van der Waals surface area (Å²) >= 11 is 0. The number of nitrogens with zero attached hydrogens (tertiary/aromatic N) is 1. The van der Waals surface area contributed by atoms with Crippen molar-refractivity contribution in [3.63, 3.8) is 0 Å². The molecule has 1 aromatic carbocycles. The van der Waals surface area contributed by atoms with Crippen molar-refractivity contribution in [2.75, 3.05) is 5.73 Å². The molecule has 1 aromatic heterocycles. The molecule has 0 bridgehead atoms. The zero-order valence-corrected chi connectivity index (χ0v) is 8.33. The predicted octanol–water partition coefficient (Wildman–Crippen LogP) is 2.28. The molecule has 0 unspecified atom stereocenters. The number of H-pyrrole nitrogens is 1. The first-order valence-electron chi connectivity index (χ1n) is 4.56. The molecule has 0 saturated heterocycles. The molecule has 1 heterocycles. The molecule has 14 heavy (non-hydrogen) atoms. The van der Waals surface area contributed by atoms with Gasteiger partial charge in [-0.1, -0.05) is 12.1 Å². The van der Waals surface area contributed by atoms with Crippen LogP contribution < -0.4 is 5.73 Å². The monoisotopic (exact) mass is 187 g/mol. The smallest absolute Gasteiger partial charge is 0.0672 e. The van der Waals surface area contributed by atoms with E-state index in [4.69, 9.17) is 5.73 Å². The number of rotatable bonds is 1. The maximum absolute atomic E-state index is 5.63. The van der Waals surface area contributed by atoms with Crippen molar-refractivity contribution >= 4 is 5.69 Å². The van der Waals surface area contributed by atoms with Crippen molar-refractivity contribution in [1.82, 2.24) is 10.2 Å². The van der Waals surface area contributed by atoms with Gasteiger partial charge in [0, 0.05) is 16.9 Å². The van der Waals surface area contributed by atoms with Crippen LogP contribution in [0.4, 0.5) is 5.69 Å². The van der Waals surface area contributed by atoms with Crippen LogP contribution in [0, 0.1) is 13.8 Å². The van der Waals surface area contributed by atoms with E-state index >= 15 is 0 Å². The summed E-state index contributed by atoms with van der Waals surface area (Å²) in [5.41, 5.74) is 10.9. The van der Waals surface area contributed by atoms with Crippen LogP contribution in [0.3, 0.4) is 0 Å². The fourth-order valence-corrected chi connectivity index (χ4v) is 1.63. The van der Waals surface area contributed by atoms with Gasteiger partial charge in [-0.15, -0.1) is 0 Å². The standard InChI is InChI=1S/C11H13N3/c1-7-11(8(2)14-13-7)9-3-5-10(12)6-4-9/h3-6H,12H2,1-2H3,(H,13,14). The Kier molecular flexibility index (Phi) is 2.00. The summed E-state index contributed by atoms with van der Waals surface area (Å²) in [4.78, 5) is 0. The number of aromatic nitrogens is 2. The second-order valence-electron chi connectivity index (χ2n) is 3.43. The van der Waals surface area contributed by atoms with Gasteiger partial charge < -0.3 is 5.73 Å². The maximum atomic E-state index is 5.63. The third-order valence-corrected chi connectivity index (χ3v) is 2.33. The Bertz CT molecular complexity index is 421. The van der Waals surface area contributed by atoms with Gasteiger partial charge in [0.1, 0.15) is 0 Å². The molecular weight excluding hydrogens is 174 g/mol. The summed E-state index contributed by atoms with van der Waals surface area (Å²) in [6.45, 7) is 4.01. The van der Waals surface area contributed by atoms with Gasteiger partial charge in [-0.2, -0.15) is 5.10 Å². The van der Waals surface area contributed by atoms with Gasteiger partial charge in [0.15, 0.2) is 0 Å². The number of benzene rings is 1. The highest BCUT2D eigenvalue weighted by molar-refractivity contribution is 5.69. The Balaban J connectivity index is 2.54. The highest BCUT2D eigenvalue weighted by Gasteiger charge is 2.07. The molecule has 0 saturated carbocycles. The summed E-state index contributed by atoms with van der Waals surface area (Å²) in [5, 5.41) is 7.13. The minimum Gasteiger partial charge on any atom is -0.399 e. The average Bonchev–Trinajstić information content (AvgIpc) is 2.49. The van der Waals surface area contributed by atoms with Gasteiger partial charge in [0.2, 0.25) is 0 Å². The number of hydrogen-bond acceptors (Lipinski definition) is 2. The van der Waals surface area contributed by atoms with Gasteiger partial charge in [0.25, 0.3) is 0 Å². The number of hydrogen-bond donors (Lipinski definition) is 2. The van der Waals surface area contributed by atoms with E-state index in [2.05, 4.69) is 10.2 Å². The van der Waals surface area contributed by atoms with Crippen molar-refractivity contribution in [3.8, 4) is 11.1 Å². The van der Waals surface area contributed by atoms with Crippen LogP contribution in [0.25, 0.3) is 11.1 Å². The van der Waals surface area contributed by atoms with E-state index in [1.165, 1.54) is 5.56 Å². The van der Waals surface area contributed by atoms with E-state index in [9.17, 15) is 0 Å². The van der Waals surface area contributed by atoms with Crippen molar-refractivity contribution < 1.29 is 0 Å². The van der Waals surface area contributed by atoms with E-state index < -0.39 is 0 Å². The molecule has 3 nitrogen and oxygen atoms in total. The van der Waals surface area contributed by atoms with Gasteiger partial charge in [0.05, 0.1) is 5.69 Å². The normalized spacial score (nSPS) is 10.4. The first kappa shape index (κ1) is 8.81. The molecule has 0 fully saturated rings. The van der Waals surface area contributed by atoms with Crippen LogP contribution in [-0.4, -0.2) is 10.2 Å². The summed E-state index contributed by atoms with van der Waals surface area (Å²) in [6.07, 6.45) is 0. The molecule has 0 aliphatic heterocycles. The van der Waals surface area contributed by atoms with Gasteiger partial charge >= 0.3 is 0 Å². The fraction of sp³-hybridized carbons (Fsp3) is 0.182. The zero-order chi connectivity index (χ0) is 10.1. The molecule has 0 aliphatic rings. The van der Waals surface area contributed by atoms with Crippen LogP contribution in [0.2, 0.25) is 0 Å². The molecular formula is C11H13N3. The highest BCUT2D eigenvalue weighted by Crippen LogP contribution is 2.25. The number of nitrogens with one attached hydrogen (secondary N) is 1. The molecule has 0 atom stereocenters. The first-order valence-corrected chi connectivity index (χ1v) is 4.56. The average molecular weight is 187 g/mol. The van der Waals surface area contributed by atoms with Crippen molar-refractivity contribution in [3.05, 3.63) is 35.7 Å². The molecule has 72 valence electrons. The van der Waals surface area contributed by atoms with Crippen molar-refractivity contribution in [2.24, 2.45) is 0 Å². The molecule has 0 aliphatic carbocycles. The third-order valence-electron chi connectivity index (χ3n) is 2.33. The maximum Gasteiger partial charge on any atom is 0.0672 e. The van der Waals surface area contributed by atoms with Crippen LogP contribution in [0.1, 0.15) is 11.4 Å². The Morgan fingerprint density at radius 3 is 2.29 bits per heavy atom. The Labute approximate surface area is 83.0 Å². The van der Waals surface area contributed by atoms with Crippen LogP contribution in [0.15, 0.2) is 24.3 Å². The van der Waals surface area contributed by atoms with Crippen molar-refractivity contribution in [2.45, 2.75) is 13.8 Å². The minimum atomic E-state index is 0.785. The number of anilines is 1. The third kappa shape index (κ3) is 1.37. The first-order chi connectivity index (χ1) is 6.68. The second kappa shape index (κ2) is 3.18. The predicted molar refractivity (Wildman–Crippen MR) is 57.9 cm³/mol. The molecule has 0 amide bonds. The van der Waals surface area contributed by atoms with Crippen LogP contribution in [-0.2, 0) is 0 Å².